The molecule has 0 saturated heterocycles. The molecule has 1 aliphatic rings. The van der Waals surface area contributed by atoms with E-state index in [-0.39, 0.29) is 6.79 Å². The topological polar surface area (TPSA) is 75.2 Å². The maximum atomic E-state index is 5.48. The van der Waals surface area contributed by atoms with Crippen LogP contribution in [0.3, 0.4) is 0 Å². The van der Waals surface area contributed by atoms with Crippen LogP contribution in [-0.4, -0.2) is 21.8 Å². The molecule has 1 aromatic carbocycles. The molecule has 0 saturated carbocycles. The minimum Gasteiger partial charge on any atom is -0.454 e. The second kappa shape index (κ2) is 2.88. The number of nitrogens with two attached hydrogens (primary N) is 1. The standard InChI is InChI=1S/C9H8N4O2/c10-9-4-11-13(12-9)6-1-2-7-8(3-6)15-5-14-7/h1-4H,5H2,(H2,10,12). The zero-order valence-electron chi connectivity index (χ0n) is 7.75. The molecule has 1 aliphatic heterocycles. The zero-order chi connectivity index (χ0) is 10.3. The SMILES string of the molecule is Nc1cnn(-c2ccc3c(c2)OCO3)n1. The highest BCUT2D eigenvalue weighted by Gasteiger charge is 2.14. The van der Waals surface area contributed by atoms with Gasteiger partial charge in [-0.3, -0.25) is 0 Å². The van der Waals surface area contributed by atoms with Crippen molar-refractivity contribution in [2.45, 2.75) is 0 Å². The molecule has 3 rings (SSSR count). The molecular formula is C9H8N4O2. The lowest BCUT2D eigenvalue weighted by Gasteiger charge is -2.00. The zero-order valence-corrected chi connectivity index (χ0v) is 7.75. The molecule has 0 bridgehead atoms. The molecule has 1 aromatic heterocycles. The summed E-state index contributed by atoms with van der Waals surface area (Å²) in [5.74, 6) is 1.81. The van der Waals surface area contributed by atoms with E-state index in [1.165, 1.54) is 11.0 Å². The van der Waals surface area contributed by atoms with Crippen molar-refractivity contribution in [3.63, 3.8) is 0 Å². The number of rotatable bonds is 1. The van der Waals surface area contributed by atoms with E-state index < -0.39 is 0 Å². The fourth-order valence-electron chi connectivity index (χ4n) is 1.41. The Morgan fingerprint density at radius 3 is 2.93 bits per heavy atom. The lowest BCUT2D eigenvalue weighted by atomic mass is 10.3. The third-order valence-electron chi connectivity index (χ3n) is 2.10. The van der Waals surface area contributed by atoms with E-state index in [4.69, 9.17) is 15.2 Å². The third kappa shape index (κ3) is 1.26. The number of nitrogens with zero attached hydrogens (tertiary/aromatic N) is 3. The maximum absolute atomic E-state index is 5.48. The van der Waals surface area contributed by atoms with E-state index >= 15 is 0 Å². The fourth-order valence-corrected chi connectivity index (χ4v) is 1.41. The fraction of sp³-hybridized carbons (Fsp3) is 0.111. The van der Waals surface area contributed by atoms with Gasteiger partial charge in [0.25, 0.3) is 0 Å². The molecule has 76 valence electrons. The van der Waals surface area contributed by atoms with Crippen LogP contribution in [0.5, 0.6) is 11.5 Å². The Morgan fingerprint density at radius 2 is 2.13 bits per heavy atom. The molecule has 2 N–H and O–H groups in total. The highest BCUT2D eigenvalue weighted by Crippen LogP contribution is 2.33. The van der Waals surface area contributed by atoms with Crippen molar-refractivity contribution in [1.82, 2.24) is 15.0 Å². The predicted molar refractivity (Wildman–Crippen MR) is 51.9 cm³/mol. The molecule has 0 unspecified atom stereocenters. The average molecular weight is 204 g/mol. The van der Waals surface area contributed by atoms with Gasteiger partial charge in [-0.1, -0.05) is 0 Å². The van der Waals surface area contributed by atoms with Crippen molar-refractivity contribution < 1.29 is 9.47 Å². The van der Waals surface area contributed by atoms with Gasteiger partial charge in [0, 0.05) is 6.07 Å². The summed E-state index contributed by atoms with van der Waals surface area (Å²) in [6.45, 7) is 0.257. The van der Waals surface area contributed by atoms with Crippen molar-refractivity contribution in [3.05, 3.63) is 24.4 Å². The van der Waals surface area contributed by atoms with Crippen molar-refractivity contribution in [2.24, 2.45) is 0 Å². The Morgan fingerprint density at radius 1 is 1.27 bits per heavy atom. The quantitative estimate of drug-likeness (QED) is 0.735. The van der Waals surface area contributed by atoms with Gasteiger partial charge in [-0.25, -0.2) is 0 Å². The van der Waals surface area contributed by atoms with E-state index in [1.54, 1.807) is 0 Å². The molecule has 0 spiro atoms. The molecule has 2 heterocycles. The first kappa shape index (κ1) is 8.10. The summed E-state index contributed by atoms with van der Waals surface area (Å²) in [5, 5.41) is 7.99. The molecule has 6 nitrogen and oxygen atoms in total. The number of hydrogen-bond donors (Lipinski definition) is 1. The molecule has 0 atom stereocenters. The molecule has 6 heteroatoms. The summed E-state index contributed by atoms with van der Waals surface area (Å²) in [4.78, 5) is 1.44. The molecule has 0 amide bonds. The smallest absolute Gasteiger partial charge is 0.231 e. The second-order valence-electron chi connectivity index (χ2n) is 3.10. The van der Waals surface area contributed by atoms with E-state index in [1.807, 2.05) is 18.2 Å². The highest BCUT2D eigenvalue weighted by molar-refractivity contribution is 5.49. The molecule has 0 aliphatic carbocycles. The van der Waals surface area contributed by atoms with Crippen LogP contribution in [0.4, 0.5) is 5.82 Å². The van der Waals surface area contributed by atoms with E-state index in [0.29, 0.717) is 11.6 Å². The van der Waals surface area contributed by atoms with Crippen LogP contribution in [0, 0.1) is 0 Å². The van der Waals surface area contributed by atoms with Crippen LogP contribution >= 0.6 is 0 Å². The van der Waals surface area contributed by atoms with Crippen molar-refractivity contribution in [2.75, 3.05) is 12.5 Å². The Bertz CT molecular complexity index is 509. The lowest BCUT2D eigenvalue weighted by molar-refractivity contribution is 0.174. The lowest BCUT2D eigenvalue weighted by Crippen LogP contribution is -1.99. The van der Waals surface area contributed by atoms with Crippen molar-refractivity contribution in [3.8, 4) is 17.2 Å². The minimum absolute atomic E-state index is 0.257. The maximum Gasteiger partial charge on any atom is 0.231 e. The summed E-state index contributed by atoms with van der Waals surface area (Å²) in [6.07, 6.45) is 1.49. The van der Waals surface area contributed by atoms with Crippen LogP contribution in [0.25, 0.3) is 5.69 Å². The highest BCUT2D eigenvalue weighted by atomic mass is 16.7. The Hall–Kier alpha value is -2.24. The average Bonchev–Trinajstić information content (AvgIpc) is 2.84. The van der Waals surface area contributed by atoms with Gasteiger partial charge in [0.05, 0.1) is 11.9 Å². The van der Waals surface area contributed by atoms with Gasteiger partial charge in [-0.05, 0) is 12.1 Å². The van der Waals surface area contributed by atoms with Gasteiger partial charge in [-0.15, -0.1) is 9.90 Å². The largest absolute Gasteiger partial charge is 0.454 e. The van der Waals surface area contributed by atoms with Crippen LogP contribution in [-0.2, 0) is 0 Å². The van der Waals surface area contributed by atoms with Gasteiger partial charge in [0.2, 0.25) is 6.79 Å². The van der Waals surface area contributed by atoms with E-state index in [0.717, 1.165) is 11.4 Å². The number of ether oxygens (including phenoxy) is 2. The molecule has 15 heavy (non-hydrogen) atoms. The molecule has 2 aromatic rings. The first-order chi connectivity index (χ1) is 7.33. The van der Waals surface area contributed by atoms with Crippen LogP contribution in [0.2, 0.25) is 0 Å². The summed E-state index contributed by atoms with van der Waals surface area (Å²) in [5.41, 5.74) is 6.27. The summed E-state index contributed by atoms with van der Waals surface area (Å²) < 4.78 is 10.4. The molecule has 0 radical (unpaired) electrons. The van der Waals surface area contributed by atoms with Gasteiger partial charge in [0.1, 0.15) is 0 Å². The Balaban J connectivity index is 2.06. The van der Waals surface area contributed by atoms with E-state index in [2.05, 4.69) is 10.2 Å². The van der Waals surface area contributed by atoms with E-state index in [9.17, 15) is 0 Å². The number of aromatic nitrogens is 3. The van der Waals surface area contributed by atoms with Crippen LogP contribution < -0.4 is 15.2 Å². The third-order valence-corrected chi connectivity index (χ3v) is 2.10. The normalized spacial score (nSPS) is 13.1. The first-order valence-corrected chi connectivity index (χ1v) is 4.41. The van der Waals surface area contributed by atoms with Gasteiger partial charge >= 0.3 is 0 Å². The first-order valence-electron chi connectivity index (χ1n) is 4.41. The van der Waals surface area contributed by atoms with Crippen LogP contribution in [0.1, 0.15) is 0 Å². The Kier molecular flexibility index (Phi) is 1.55. The predicted octanol–water partition coefficient (Wildman–Crippen LogP) is 0.578. The van der Waals surface area contributed by atoms with Gasteiger partial charge < -0.3 is 15.2 Å². The summed E-state index contributed by atoms with van der Waals surface area (Å²) in [7, 11) is 0. The second-order valence-corrected chi connectivity index (χ2v) is 3.10. The summed E-state index contributed by atoms with van der Waals surface area (Å²) >= 11 is 0. The number of benzene rings is 1. The molecular weight excluding hydrogens is 196 g/mol. The molecule has 0 fully saturated rings. The van der Waals surface area contributed by atoms with Crippen molar-refractivity contribution >= 4 is 5.82 Å². The Labute approximate surface area is 85.2 Å². The number of fused-ring (bicyclic) bond motifs is 1. The number of nitrogen functional groups attached to an aromatic ring is 1. The minimum atomic E-state index is 0.257. The number of hydrogen-bond acceptors (Lipinski definition) is 5. The van der Waals surface area contributed by atoms with Crippen LogP contribution in [0.15, 0.2) is 24.4 Å². The monoisotopic (exact) mass is 204 g/mol. The number of anilines is 1. The van der Waals surface area contributed by atoms with Gasteiger partial charge in [0.15, 0.2) is 17.3 Å². The summed E-state index contributed by atoms with van der Waals surface area (Å²) in [6, 6.07) is 5.46. The van der Waals surface area contributed by atoms with Gasteiger partial charge in [-0.2, -0.15) is 5.10 Å². The van der Waals surface area contributed by atoms with Crippen molar-refractivity contribution in [1.29, 1.82) is 0 Å².